The van der Waals surface area contributed by atoms with Crippen molar-refractivity contribution in [3.63, 3.8) is 0 Å². The van der Waals surface area contributed by atoms with Crippen LogP contribution in [0.5, 0.6) is 5.75 Å². The lowest BCUT2D eigenvalue weighted by molar-refractivity contribution is -0.118. The van der Waals surface area contributed by atoms with Crippen molar-refractivity contribution >= 4 is 39.3 Å². The van der Waals surface area contributed by atoms with Crippen molar-refractivity contribution in [2.75, 3.05) is 37.9 Å². The fraction of sp³-hybridized carbons (Fsp3) is 0.278. The lowest BCUT2D eigenvalue weighted by atomic mass is 9.84. The molecule has 1 saturated heterocycles. The summed E-state index contributed by atoms with van der Waals surface area (Å²) < 4.78 is 18.1. The highest BCUT2D eigenvalue weighted by Gasteiger charge is 2.33. The van der Waals surface area contributed by atoms with Gasteiger partial charge in [0.15, 0.2) is 0 Å². The number of nitrogen functional groups attached to an aromatic ring is 1. The number of hydrogen-bond donors (Lipinski definition) is 4. The van der Waals surface area contributed by atoms with E-state index < -0.39 is 18.1 Å². The van der Waals surface area contributed by atoms with Crippen LogP contribution in [-0.2, 0) is 20.7 Å². The summed E-state index contributed by atoms with van der Waals surface area (Å²) >= 11 is 3.42. The molecule has 1 aliphatic heterocycles. The Kier molecular flexibility index (Phi) is 11.7. The number of carbonyl (C=O) groups is 2. The summed E-state index contributed by atoms with van der Waals surface area (Å²) in [6, 6.07) is 31.6. The van der Waals surface area contributed by atoms with Crippen molar-refractivity contribution in [2.45, 2.75) is 37.0 Å². The minimum absolute atomic E-state index is 0.0392. The van der Waals surface area contributed by atoms with Crippen LogP contribution >= 0.6 is 15.9 Å². The molecule has 0 radical (unpaired) electrons. The van der Waals surface area contributed by atoms with Gasteiger partial charge in [0.25, 0.3) is 0 Å². The fourth-order valence-electron chi connectivity index (χ4n) is 5.65. The minimum Gasteiger partial charge on any atom is -0.489 e. The smallest absolute Gasteiger partial charge is 0.407 e. The SMILES string of the molecule is COC(=O)N[C@H](C(=O)Nc1ccccc1CC[C@@H]1CNC[C@@H](COc2ccc(Br)cc2N)O1)C(c1ccccc1)c1ccccc1. The van der Waals surface area contributed by atoms with Crippen molar-refractivity contribution in [1.82, 2.24) is 10.6 Å². The molecule has 4 aromatic carbocycles. The topological polar surface area (TPSA) is 124 Å². The zero-order valence-electron chi connectivity index (χ0n) is 25.7. The molecule has 1 heterocycles. The van der Waals surface area contributed by atoms with Crippen molar-refractivity contribution in [2.24, 2.45) is 0 Å². The number of morpholine rings is 1. The molecule has 0 spiro atoms. The molecule has 240 valence electrons. The third-order valence-corrected chi connectivity index (χ3v) is 8.42. The molecule has 5 N–H and O–H groups in total. The zero-order chi connectivity index (χ0) is 32.3. The van der Waals surface area contributed by atoms with Crippen LogP contribution in [0.1, 0.15) is 29.0 Å². The van der Waals surface area contributed by atoms with E-state index in [1.54, 1.807) is 0 Å². The van der Waals surface area contributed by atoms with Gasteiger partial charge in [-0.1, -0.05) is 94.8 Å². The molecule has 0 saturated carbocycles. The maximum atomic E-state index is 14.0. The lowest BCUT2D eigenvalue weighted by Gasteiger charge is -2.31. The number of anilines is 2. The van der Waals surface area contributed by atoms with E-state index in [9.17, 15) is 9.59 Å². The van der Waals surface area contributed by atoms with E-state index in [1.807, 2.05) is 103 Å². The summed E-state index contributed by atoms with van der Waals surface area (Å²) in [6.45, 7) is 1.77. The van der Waals surface area contributed by atoms with Gasteiger partial charge in [-0.15, -0.1) is 0 Å². The second-order valence-corrected chi connectivity index (χ2v) is 12.0. The number of nitrogens with two attached hydrogens (primary N) is 1. The summed E-state index contributed by atoms with van der Waals surface area (Å²) in [5, 5.41) is 9.35. The molecule has 5 rings (SSSR count). The van der Waals surface area contributed by atoms with E-state index in [4.69, 9.17) is 19.9 Å². The first-order valence-electron chi connectivity index (χ1n) is 15.3. The molecule has 4 aromatic rings. The maximum absolute atomic E-state index is 14.0. The van der Waals surface area contributed by atoms with Gasteiger partial charge in [-0.05, 0) is 53.8 Å². The normalized spacial score (nSPS) is 16.8. The van der Waals surface area contributed by atoms with Gasteiger partial charge in [-0.25, -0.2) is 4.79 Å². The number of methoxy groups -OCH3 is 1. The number of hydrogen-bond acceptors (Lipinski definition) is 7. The van der Waals surface area contributed by atoms with E-state index >= 15 is 0 Å². The Hall–Kier alpha value is -4.38. The second-order valence-electron chi connectivity index (χ2n) is 11.1. The van der Waals surface area contributed by atoms with Crippen molar-refractivity contribution in [1.29, 1.82) is 0 Å². The molecule has 0 bridgehead atoms. The molecule has 0 aliphatic carbocycles. The zero-order valence-corrected chi connectivity index (χ0v) is 27.2. The number of benzene rings is 4. The summed E-state index contributed by atoms with van der Waals surface area (Å²) in [4.78, 5) is 26.6. The average Bonchev–Trinajstić information content (AvgIpc) is 3.08. The Balaban J connectivity index is 1.27. The number of amides is 2. The number of halogens is 1. The highest BCUT2D eigenvalue weighted by Crippen LogP contribution is 2.30. The summed E-state index contributed by atoms with van der Waals surface area (Å²) in [5.74, 6) is -0.182. The molecule has 1 fully saturated rings. The van der Waals surface area contributed by atoms with Gasteiger partial charge in [0.2, 0.25) is 5.91 Å². The van der Waals surface area contributed by atoms with Crippen molar-refractivity contribution < 1.29 is 23.8 Å². The molecule has 0 unspecified atom stereocenters. The van der Waals surface area contributed by atoms with E-state index in [0.29, 0.717) is 43.2 Å². The first kappa shape index (κ1) is 33.0. The van der Waals surface area contributed by atoms with Gasteiger partial charge < -0.3 is 35.9 Å². The van der Waals surface area contributed by atoms with Crippen LogP contribution < -0.4 is 26.4 Å². The number of alkyl carbamates (subject to hydrolysis) is 1. The number of carbonyl (C=O) groups excluding carboxylic acids is 2. The third kappa shape index (κ3) is 8.87. The predicted octanol–water partition coefficient (Wildman–Crippen LogP) is 5.90. The molecule has 3 atom stereocenters. The number of ether oxygens (including phenoxy) is 3. The monoisotopic (exact) mass is 686 g/mol. The predicted molar refractivity (Wildman–Crippen MR) is 183 cm³/mol. The minimum atomic E-state index is -0.947. The second kappa shape index (κ2) is 16.3. The fourth-order valence-corrected chi connectivity index (χ4v) is 6.03. The Morgan fingerprint density at radius 3 is 2.26 bits per heavy atom. The Morgan fingerprint density at radius 1 is 0.935 bits per heavy atom. The number of nitrogens with one attached hydrogen (secondary N) is 3. The number of rotatable bonds is 12. The van der Waals surface area contributed by atoms with Gasteiger partial charge in [0, 0.05) is 29.2 Å². The summed E-state index contributed by atoms with van der Waals surface area (Å²) in [5.41, 5.74) is 10.1. The van der Waals surface area contributed by atoms with E-state index in [-0.39, 0.29) is 18.1 Å². The maximum Gasteiger partial charge on any atom is 0.407 e. The van der Waals surface area contributed by atoms with Gasteiger partial charge in [-0.3, -0.25) is 4.79 Å². The third-order valence-electron chi connectivity index (χ3n) is 7.93. The molecule has 9 nitrogen and oxygen atoms in total. The molecule has 1 aliphatic rings. The first-order chi connectivity index (χ1) is 22.4. The van der Waals surface area contributed by atoms with Crippen LogP contribution in [-0.4, -0.2) is 57.1 Å². The molecular formula is C36H39BrN4O5. The quantitative estimate of drug-likeness (QED) is 0.137. The summed E-state index contributed by atoms with van der Waals surface area (Å²) in [7, 11) is 1.29. The molecule has 0 aromatic heterocycles. The van der Waals surface area contributed by atoms with Crippen LogP contribution in [0.2, 0.25) is 0 Å². The molecule has 46 heavy (non-hydrogen) atoms. The Morgan fingerprint density at radius 2 is 1.59 bits per heavy atom. The van der Waals surface area contributed by atoms with E-state index in [2.05, 4.69) is 31.9 Å². The van der Waals surface area contributed by atoms with Crippen molar-refractivity contribution in [3.05, 3.63) is 124 Å². The van der Waals surface area contributed by atoms with Crippen LogP contribution in [0.25, 0.3) is 0 Å². The van der Waals surface area contributed by atoms with Gasteiger partial charge >= 0.3 is 6.09 Å². The highest BCUT2D eigenvalue weighted by molar-refractivity contribution is 9.10. The number of aryl methyl sites for hydroxylation is 1. The Bertz CT molecular complexity index is 1550. The van der Waals surface area contributed by atoms with Gasteiger partial charge in [0.05, 0.1) is 18.9 Å². The van der Waals surface area contributed by atoms with Gasteiger partial charge in [0.1, 0.15) is 24.5 Å². The highest BCUT2D eigenvalue weighted by atomic mass is 79.9. The van der Waals surface area contributed by atoms with Crippen molar-refractivity contribution in [3.8, 4) is 5.75 Å². The largest absolute Gasteiger partial charge is 0.489 e. The van der Waals surface area contributed by atoms with E-state index in [0.717, 1.165) is 27.6 Å². The Labute approximate surface area is 277 Å². The number of para-hydroxylation sites is 1. The lowest BCUT2D eigenvalue weighted by Crippen LogP contribution is -2.48. The van der Waals surface area contributed by atoms with E-state index in [1.165, 1.54) is 7.11 Å². The van der Waals surface area contributed by atoms with Gasteiger partial charge in [-0.2, -0.15) is 0 Å². The summed E-state index contributed by atoms with van der Waals surface area (Å²) in [6.07, 6.45) is 0.550. The standard InChI is InChI=1S/C36H39BrN4O5/c1-44-36(43)41-34(33(25-11-4-2-5-12-25)26-13-6-3-7-14-26)35(42)40-31-15-9-8-10-24(31)16-18-28-21-39-22-29(46-28)23-45-32-19-17-27(37)20-30(32)38/h2-15,17,19-20,28-29,33-34,39H,16,18,21-23,38H2,1H3,(H,40,42)(H,41,43)/t28-,29+,34+/m1/s1. The molecule has 2 amide bonds. The van der Waals surface area contributed by atoms with Crippen LogP contribution in [0, 0.1) is 0 Å². The van der Waals surface area contributed by atoms with Crippen LogP contribution in [0.3, 0.4) is 0 Å². The van der Waals surface area contributed by atoms with Crippen LogP contribution in [0.15, 0.2) is 108 Å². The average molecular weight is 688 g/mol. The molecule has 10 heteroatoms. The molecular weight excluding hydrogens is 648 g/mol. The first-order valence-corrected chi connectivity index (χ1v) is 16.1. The van der Waals surface area contributed by atoms with Crippen LogP contribution in [0.4, 0.5) is 16.2 Å².